The fourth-order valence-electron chi connectivity index (χ4n) is 2.25. The second kappa shape index (κ2) is 4.52. The summed E-state index contributed by atoms with van der Waals surface area (Å²) >= 11 is 0. The monoisotopic (exact) mass is 220 g/mol. The summed E-state index contributed by atoms with van der Waals surface area (Å²) in [5, 5.41) is 10.5. The molecule has 1 aromatic heterocycles. The second-order valence-electron chi connectivity index (χ2n) is 4.97. The lowest BCUT2D eigenvalue weighted by molar-refractivity contribution is -0.0157. The van der Waals surface area contributed by atoms with Gasteiger partial charge in [0.05, 0.1) is 5.60 Å². The van der Waals surface area contributed by atoms with Gasteiger partial charge in [-0.05, 0) is 38.9 Å². The predicted molar refractivity (Wildman–Crippen MR) is 64.4 cm³/mol. The van der Waals surface area contributed by atoms with E-state index in [1.165, 1.54) is 0 Å². The molecule has 0 aromatic carbocycles. The fourth-order valence-corrected chi connectivity index (χ4v) is 2.25. The molecule has 0 saturated carbocycles. The number of pyridine rings is 1. The first-order valence-electron chi connectivity index (χ1n) is 5.91. The van der Waals surface area contributed by atoms with E-state index in [1.54, 1.807) is 0 Å². The van der Waals surface area contributed by atoms with E-state index in [1.807, 2.05) is 25.1 Å². The largest absolute Gasteiger partial charge is 0.389 e. The molecule has 1 N–H and O–H groups in total. The summed E-state index contributed by atoms with van der Waals surface area (Å²) in [5.41, 5.74) is 1.48. The molecular weight excluding hydrogens is 200 g/mol. The van der Waals surface area contributed by atoms with Gasteiger partial charge in [-0.15, -0.1) is 0 Å². The van der Waals surface area contributed by atoms with Crippen LogP contribution < -0.4 is 0 Å². The van der Waals surface area contributed by atoms with Gasteiger partial charge in [0.15, 0.2) is 0 Å². The van der Waals surface area contributed by atoms with Crippen LogP contribution in [-0.2, 0) is 6.42 Å². The number of likely N-dealkylation sites (tertiary alicyclic amines) is 1. The summed E-state index contributed by atoms with van der Waals surface area (Å²) in [6, 6.07) is 6.00. The zero-order valence-electron chi connectivity index (χ0n) is 10.1. The van der Waals surface area contributed by atoms with E-state index < -0.39 is 5.60 Å². The minimum absolute atomic E-state index is 0.548. The van der Waals surface area contributed by atoms with Crippen LogP contribution in [0.25, 0.3) is 0 Å². The Labute approximate surface area is 97.1 Å². The van der Waals surface area contributed by atoms with Crippen molar-refractivity contribution < 1.29 is 5.11 Å². The minimum atomic E-state index is -0.548. The van der Waals surface area contributed by atoms with E-state index in [0.29, 0.717) is 6.42 Å². The second-order valence-corrected chi connectivity index (χ2v) is 4.97. The van der Waals surface area contributed by atoms with Crippen LogP contribution in [0.2, 0.25) is 0 Å². The number of piperidine rings is 1. The molecule has 0 unspecified atom stereocenters. The Balaban J connectivity index is 2.03. The molecule has 1 fully saturated rings. The molecule has 1 aliphatic heterocycles. The first kappa shape index (κ1) is 11.6. The SMILES string of the molecule is Cc1cccc(CC2(O)CCN(C)CC2)n1. The molecular formula is C13H20N2O. The van der Waals surface area contributed by atoms with Crippen LogP contribution in [0.5, 0.6) is 0 Å². The highest BCUT2D eigenvalue weighted by Gasteiger charge is 2.31. The molecule has 3 heteroatoms. The Bertz CT molecular complexity index is 357. The molecule has 1 saturated heterocycles. The summed E-state index contributed by atoms with van der Waals surface area (Å²) in [4.78, 5) is 6.72. The molecule has 0 bridgehead atoms. The van der Waals surface area contributed by atoms with Crippen molar-refractivity contribution in [3.05, 3.63) is 29.6 Å². The fraction of sp³-hybridized carbons (Fsp3) is 0.615. The quantitative estimate of drug-likeness (QED) is 0.818. The normalized spacial score (nSPS) is 20.9. The van der Waals surface area contributed by atoms with Gasteiger partial charge in [0, 0.05) is 30.9 Å². The lowest BCUT2D eigenvalue weighted by Crippen LogP contribution is -2.44. The van der Waals surface area contributed by atoms with Gasteiger partial charge in [0.25, 0.3) is 0 Å². The van der Waals surface area contributed by atoms with Crippen LogP contribution in [-0.4, -0.2) is 40.7 Å². The van der Waals surface area contributed by atoms with Gasteiger partial charge in [0.1, 0.15) is 0 Å². The van der Waals surface area contributed by atoms with Crippen LogP contribution in [0.3, 0.4) is 0 Å². The third-order valence-corrected chi connectivity index (χ3v) is 3.37. The molecule has 2 heterocycles. The van der Waals surface area contributed by atoms with Crippen molar-refractivity contribution in [2.24, 2.45) is 0 Å². The molecule has 2 rings (SSSR count). The summed E-state index contributed by atoms with van der Waals surface area (Å²) in [6.07, 6.45) is 2.38. The average molecular weight is 220 g/mol. The lowest BCUT2D eigenvalue weighted by Gasteiger charge is -2.36. The molecule has 1 aliphatic rings. The van der Waals surface area contributed by atoms with Gasteiger partial charge >= 0.3 is 0 Å². The molecule has 0 radical (unpaired) electrons. The molecule has 0 spiro atoms. The van der Waals surface area contributed by atoms with Crippen molar-refractivity contribution in [1.29, 1.82) is 0 Å². The van der Waals surface area contributed by atoms with Gasteiger partial charge in [-0.3, -0.25) is 4.98 Å². The maximum Gasteiger partial charge on any atom is 0.0727 e. The average Bonchev–Trinajstić information content (AvgIpc) is 2.23. The number of aryl methyl sites for hydroxylation is 1. The number of hydrogen-bond acceptors (Lipinski definition) is 3. The zero-order chi connectivity index (χ0) is 11.6. The summed E-state index contributed by atoms with van der Waals surface area (Å²) in [5.74, 6) is 0. The van der Waals surface area contributed by atoms with Crippen molar-refractivity contribution in [2.75, 3.05) is 20.1 Å². The Morgan fingerprint density at radius 1 is 1.38 bits per heavy atom. The van der Waals surface area contributed by atoms with Crippen LogP contribution in [0.15, 0.2) is 18.2 Å². The number of nitrogens with zero attached hydrogens (tertiary/aromatic N) is 2. The van der Waals surface area contributed by atoms with Crippen molar-refractivity contribution in [3.8, 4) is 0 Å². The van der Waals surface area contributed by atoms with Gasteiger partial charge in [-0.1, -0.05) is 6.07 Å². The molecule has 0 atom stereocenters. The van der Waals surface area contributed by atoms with Crippen LogP contribution >= 0.6 is 0 Å². The summed E-state index contributed by atoms with van der Waals surface area (Å²) < 4.78 is 0. The highest BCUT2D eigenvalue weighted by atomic mass is 16.3. The Kier molecular flexibility index (Phi) is 3.26. The number of rotatable bonds is 2. The highest BCUT2D eigenvalue weighted by molar-refractivity contribution is 5.12. The lowest BCUT2D eigenvalue weighted by atomic mass is 9.87. The van der Waals surface area contributed by atoms with E-state index in [0.717, 1.165) is 37.3 Å². The van der Waals surface area contributed by atoms with E-state index >= 15 is 0 Å². The molecule has 3 nitrogen and oxygen atoms in total. The van der Waals surface area contributed by atoms with Crippen LogP contribution in [0, 0.1) is 6.92 Å². The zero-order valence-corrected chi connectivity index (χ0v) is 10.1. The molecule has 0 aliphatic carbocycles. The Morgan fingerprint density at radius 3 is 2.69 bits per heavy atom. The van der Waals surface area contributed by atoms with Crippen LogP contribution in [0.1, 0.15) is 24.2 Å². The minimum Gasteiger partial charge on any atom is -0.389 e. The van der Waals surface area contributed by atoms with Crippen LogP contribution in [0.4, 0.5) is 0 Å². The third kappa shape index (κ3) is 2.80. The first-order chi connectivity index (χ1) is 7.57. The topological polar surface area (TPSA) is 36.4 Å². The number of aromatic nitrogens is 1. The smallest absolute Gasteiger partial charge is 0.0727 e. The first-order valence-corrected chi connectivity index (χ1v) is 5.91. The van der Waals surface area contributed by atoms with Gasteiger partial charge in [0.2, 0.25) is 0 Å². The van der Waals surface area contributed by atoms with Gasteiger partial charge in [-0.25, -0.2) is 0 Å². The summed E-state index contributed by atoms with van der Waals surface area (Å²) in [6.45, 7) is 3.94. The molecule has 1 aromatic rings. The van der Waals surface area contributed by atoms with E-state index in [9.17, 15) is 5.11 Å². The molecule has 0 amide bonds. The number of aliphatic hydroxyl groups is 1. The maximum absolute atomic E-state index is 10.5. The maximum atomic E-state index is 10.5. The van der Waals surface area contributed by atoms with E-state index in [4.69, 9.17) is 0 Å². The Hall–Kier alpha value is -0.930. The number of hydrogen-bond donors (Lipinski definition) is 1. The van der Waals surface area contributed by atoms with E-state index in [2.05, 4.69) is 16.9 Å². The van der Waals surface area contributed by atoms with Gasteiger partial charge < -0.3 is 10.0 Å². The van der Waals surface area contributed by atoms with Crippen molar-refractivity contribution in [3.63, 3.8) is 0 Å². The standard InChI is InChI=1S/C13H20N2O/c1-11-4-3-5-12(14-11)10-13(16)6-8-15(2)9-7-13/h3-5,16H,6-10H2,1-2H3. The Morgan fingerprint density at radius 2 is 2.06 bits per heavy atom. The third-order valence-electron chi connectivity index (χ3n) is 3.37. The van der Waals surface area contributed by atoms with Gasteiger partial charge in [-0.2, -0.15) is 0 Å². The summed E-state index contributed by atoms with van der Waals surface area (Å²) in [7, 11) is 2.10. The van der Waals surface area contributed by atoms with Crippen molar-refractivity contribution in [1.82, 2.24) is 9.88 Å². The molecule has 88 valence electrons. The highest BCUT2D eigenvalue weighted by Crippen LogP contribution is 2.25. The van der Waals surface area contributed by atoms with Crippen molar-refractivity contribution >= 4 is 0 Å². The van der Waals surface area contributed by atoms with E-state index in [-0.39, 0.29) is 0 Å². The molecule has 16 heavy (non-hydrogen) atoms. The predicted octanol–water partition coefficient (Wildman–Crippen LogP) is 1.39. The van der Waals surface area contributed by atoms with Crippen molar-refractivity contribution in [2.45, 2.75) is 31.8 Å².